The van der Waals surface area contributed by atoms with Gasteiger partial charge < -0.3 is 20.8 Å². The van der Waals surface area contributed by atoms with Gasteiger partial charge in [-0.2, -0.15) is 0 Å². The fraction of sp³-hybridized carbons (Fsp3) is 0.273. The minimum atomic E-state index is -1.32. The van der Waals surface area contributed by atoms with E-state index in [-0.39, 0.29) is 24.5 Å². The van der Waals surface area contributed by atoms with Gasteiger partial charge in [-0.05, 0) is 24.6 Å². The lowest BCUT2D eigenvalue weighted by Gasteiger charge is -2.18. The predicted octanol–water partition coefficient (Wildman–Crippen LogP) is 0.623. The van der Waals surface area contributed by atoms with Crippen LogP contribution in [0.4, 0.5) is 0 Å². The van der Waals surface area contributed by atoms with Gasteiger partial charge in [0.2, 0.25) is 0 Å². The Morgan fingerprint density at radius 1 is 1.39 bits per heavy atom. The molecule has 1 atom stereocenters. The van der Waals surface area contributed by atoms with Crippen LogP contribution in [0.25, 0.3) is 11.0 Å². The lowest BCUT2D eigenvalue weighted by Crippen LogP contribution is -2.46. The summed E-state index contributed by atoms with van der Waals surface area (Å²) in [4.78, 5) is 27.2. The molecule has 0 saturated carbocycles. The lowest BCUT2D eigenvalue weighted by atomic mass is 9.94. The zero-order chi connectivity index (χ0) is 12.6. The molecule has 0 spiro atoms. The number of carbonyl (C=O) groups is 1. The first kappa shape index (κ1) is 14.3. The number of benzene rings is 1. The number of hydrogen-bond acceptors (Lipinski definition) is 3. The van der Waals surface area contributed by atoms with Crippen molar-refractivity contribution in [2.45, 2.75) is 18.9 Å². The number of imidazole rings is 1. The van der Waals surface area contributed by atoms with E-state index < -0.39 is 11.5 Å². The largest absolute Gasteiger partial charge is 0.480 e. The van der Waals surface area contributed by atoms with E-state index in [1.54, 1.807) is 18.2 Å². The molecule has 0 aliphatic carbocycles. The highest BCUT2D eigenvalue weighted by Crippen LogP contribution is 2.15. The van der Waals surface area contributed by atoms with Crippen molar-refractivity contribution in [2.24, 2.45) is 5.73 Å². The van der Waals surface area contributed by atoms with E-state index in [0.29, 0.717) is 11.0 Å². The van der Waals surface area contributed by atoms with E-state index in [2.05, 4.69) is 9.97 Å². The number of nitrogens with two attached hydrogens (primary N) is 1. The molecule has 0 amide bonds. The molecule has 2 aromatic rings. The van der Waals surface area contributed by atoms with E-state index >= 15 is 0 Å². The number of aromatic nitrogens is 2. The monoisotopic (exact) mass is 271 g/mol. The molecular weight excluding hydrogens is 258 g/mol. The molecule has 0 aliphatic rings. The third-order valence-electron chi connectivity index (χ3n) is 2.64. The second-order valence-electron chi connectivity index (χ2n) is 4.36. The normalized spacial score (nSPS) is 13.9. The number of hydrogen-bond donors (Lipinski definition) is 4. The first-order chi connectivity index (χ1) is 7.88. The van der Waals surface area contributed by atoms with Gasteiger partial charge in [-0.3, -0.25) is 4.79 Å². The van der Waals surface area contributed by atoms with Gasteiger partial charge in [0.1, 0.15) is 5.54 Å². The maximum atomic E-state index is 11.1. The standard InChI is InChI=1S/C11H13N3O3.ClH/c1-11(12,9(15)16)5-6-2-3-7-8(4-6)14-10(17)13-7;/h2-4H,5,12H2,1H3,(H,15,16)(H2,13,14,17);1H/t11-;/m0./s1. The van der Waals surface area contributed by atoms with Crippen LogP contribution in [0.1, 0.15) is 12.5 Å². The molecule has 1 aromatic heterocycles. The molecule has 1 heterocycles. The fourth-order valence-corrected chi connectivity index (χ4v) is 1.69. The average molecular weight is 272 g/mol. The Balaban J connectivity index is 0.00000162. The molecule has 18 heavy (non-hydrogen) atoms. The molecule has 0 bridgehead atoms. The zero-order valence-electron chi connectivity index (χ0n) is 9.69. The van der Waals surface area contributed by atoms with Crippen molar-refractivity contribution in [1.29, 1.82) is 0 Å². The molecule has 1 aromatic carbocycles. The zero-order valence-corrected chi connectivity index (χ0v) is 10.5. The fourth-order valence-electron chi connectivity index (χ4n) is 1.69. The van der Waals surface area contributed by atoms with Crippen LogP contribution < -0.4 is 11.4 Å². The number of aromatic amines is 2. The topological polar surface area (TPSA) is 112 Å². The highest BCUT2D eigenvalue weighted by Gasteiger charge is 2.28. The van der Waals surface area contributed by atoms with Crippen molar-refractivity contribution >= 4 is 29.4 Å². The summed E-state index contributed by atoms with van der Waals surface area (Å²) in [7, 11) is 0. The summed E-state index contributed by atoms with van der Waals surface area (Å²) in [6.45, 7) is 1.46. The van der Waals surface area contributed by atoms with Crippen LogP contribution >= 0.6 is 12.4 Å². The third-order valence-corrected chi connectivity index (χ3v) is 2.64. The van der Waals surface area contributed by atoms with Gasteiger partial charge in [0.05, 0.1) is 11.0 Å². The molecule has 0 radical (unpaired) electrons. The average Bonchev–Trinajstić information content (AvgIpc) is 2.56. The third kappa shape index (κ3) is 2.72. The second-order valence-corrected chi connectivity index (χ2v) is 4.36. The maximum absolute atomic E-state index is 11.1. The van der Waals surface area contributed by atoms with Crippen molar-refractivity contribution in [3.05, 3.63) is 34.2 Å². The Morgan fingerprint density at radius 2 is 2.00 bits per heavy atom. The summed E-state index contributed by atoms with van der Waals surface area (Å²) in [6.07, 6.45) is 0.200. The molecular formula is C11H14ClN3O3. The van der Waals surface area contributed by atoms with Crippen LogP contribution in [0.15, 0.2) is 23.0 Å². The van der Waals surface area contributed by atoms with E-state index in [1.807, 2.05) is 0 Å². The molecule has 5 N–H and O–H groups in total. The van der Waals surface area contributed by atoms with E-state index in [1.165, 1.54) is 6.92 Å². The minimum absolute atomic E-state index is 0. The van der Waals surface area contributed by atoms with Gasteiger partial charge in [-0.15, -0.1) is 12.4 Å². The van der Waals surface area contributed by atoms with Gasteiger partial charge in [-0.25, -0.2) is 4.79 Å². The first-order valence-corrected chi connectivity index (χ1v) is 5.12. The Kier molecular flexibility index (Phi) is 3.83. The van der Waals surface area contributed by atoms with Crippen LogP contribution in [-0.2, 0) is 11.2 Å². The van der Waals surface area contributed by atoms with Crippen LogP contribution in [0.5, 0.6) is 0 Å². The molecule has 98 valence electrons. The summed E-state index contributed by atoms with van der Waals surface area (Å²) >= 11 is 0. The quantitative estimate of drug-likeness (QED) is 0.655. The molecule has 6 nitrogen and oxygen atoms in total. The van der Waals surface area contributed by atoms with Crippen LogP contribution in [0, 0.1) is 0 Å². The molecule has 0 saturated heterocycles. The second kappa shape index (κ2) is 4.83. The van der Waals surface area contributed by atoms with Gasteiger partial charge in [0.25, 0.3) is 0 Å². The highest BCUT2D eigenvalue weighted by molar-refractivity contribution is 5.85. The van der Waals surface area contributed by atoms with E-state index in [9.17, 15) is 9.59 Å². The number of carboxylic acid groups (broad SMARTS) is 1. The molecule has 0 unspecified atom stereocenters. The van der Waals surface area contributed by atoms with Crippen molar-refractivity contribution in [3.63, 3.8) is 0 Å². The van der Waals surface area contributed by atoms with Gasteiger partial charge in [0.15, 0.2) is 0 Å². The molecule has 2 rings (SSSR count). The SMILES string of the molecule is C[C@](N)(Cc1ccc2[nH]c(=O)[nH]c2c1)C(=O)O.Cl. The predicted molar refractivity (Wildman–Crippen MR) is 70.1 cm³/mol. The summed E-state index contributed by atoms with van der Waals surface area (Å²) < 4.78 is 0. The van der Waals surface area contributed by atoms with Gasteiger partial charge >= 0.3 is 11.7 Å². The maximum Gasteiger partial charge on any atom is 0.323 e. The Labute approximate surface area is 109 Å². The van der Waals surface area contributed by atoms with E-state index in [4.69, 9.17) is 10.8 Å². The van der Waals surface area contributed by atoms with Gasteiger partial charge in [-0.1, -0.05) is 6.07 Å². The molecule has 7 heteroatoms. The summed E-state index contributed by atoms with van der Waals surface area (Å²) in [6, 6.07) is 5.20. The summed E-state index contributed by atoms with van der Waals surface area (Å²) in [5.74, 6) is -1.06. The van der Waals surface area contributed by atoms with Crippen molar-refractivity contribution in [3.8, 4) is 0 Å². The van der Waals surface area contributed by atoms with Crippen LogP contribution in [-0.4, -0.2) is 26.6 Å². The van der Waals surface area contributed by atoms with Crippen LogP contribution in [0.2, 0.25) is 0 Å². The summed E-state index contributed by atoms with van der Waals surface area (Å²) in [5, 5.41) is 8.93. The summed E-state index contributed by atoms with van der Waals surface area (Å²) in [5.41, 5.74) is 6.16. The Hall–Kier alpha value is -1.79. The van der Waals surface area contributed by atoms with Crippen LogP contribution in [0.3, 0.4) is 0 Å². The van der Waals surface area contributed by atoms with Crippen molar-refractivity contribution in [1.82, 2.24) is 9.97 Å². The number of carboxylic acids is 1. The number of nitrogens with one attached hydrogen (secondary N) is 2. The number of rotatable bonds is 3. The van der Waals surface area contributed by atoms with Crippen molar-refractivity contribution < 1.29 is 9.90 Å². The lowest BCUT2D eigenvalue weighted by molar-refractivity contribution is -0.142. The van der Waals surface area contributed by atoms with Gasteiger partial charge in [0, 0.05) is 6.42 Å². The number of halogens is 1. The molecule has 0 fully saturated rings. The number of H-pyrrole nitrogens is 2. The Morgan fingerprint density at radius 3 is 2.61 bits per heavy atom. The smallest absolute Gasteiger partial charge is 0.323 e. The molecule has 0 aliphatic heterocycles. The Bertz CT molecular complexity index is 630. The minimum Gasteiger partial charge on any atom is -0.480 e. The van der Waals surface area contributed by atoms with Crippen molar-refractivity contribution in [2.75, 3.05) is 0 Å². The van der Waals surface area contributed by atoms with E-state index in [0.717, 1.165) is 5.56 Å². The first-order valence-electron chi connectivity index (χ1n) is 5.12. The number of aliphatic carboxylic acids is 1. The number of fused-ring (bicyclic) bond motifs is 1. The highest BCUT2D eigenvalue weighted by atomic mass is 35.5.